The van der Waals surface area contributed by atoms with E-state index < -0.39 is 0 Å². The zero-order chi connectivity index (χ0) is 18.5. The molecule has 0 amide bonds. The molecule has 0 bridgehead atoms. The van der Waals surface area contributed by atoms with Gasteiger partial charge >= 0.3 is 0 Å². The molecule has 138 valence electrons. The molecule has 0 radical (unpaired) electrons. The Labute approximate surface area is 152 Å². The minimum absolute atomic E-state index is 0.0161. The maximum absolute atomic E-state index is 8.20. The first kappa shape index (κ1) is 21.3. The molecule has 0 aliphatic carbocycles. The number of likely N-dealkylation sites (N-methyl/N-ethyl adjacent to an activating group) is 2. The van der Waals surface area contributed by atoms with Crippen LogP contribution in [0.2, 0.25) is 0 Å². The SMILES string of the molecule is CN(C)CCO.CN(C)CCOC(c1ccccc1)c1ccccc1. The number of ether oxygens (including phenoxy) is 1. The van der Waals surface area contributed by atoms with Crippen molar-refractivity contribution in [1.82, 2.24) is 9.80 Å². The van der Waals surface area contributed by atoms with E-state index in [1.807, 2.05) is 31.1 Å². The first-order chi connectivity index (χ1) is 12.0. The van der Waals surface area contributed by atoms with Crippen LogP contribution in [0.3, 0.4) is 0 Å². The molecule has 0 aliphatic rings. The minimum atomic E-state index is 0.0161. The second-order valence-electron chi connectivity index (χ2n) is 6.40. The molecule has 0 unspecified atom stereocenters. The highest BCUT2D eigenvalue weighted by molar-refractivity contribution is 5.29. The summed E-state index contributed by atoms with van der Waals surface area (Å²) in [6.07, 6.45) is 0.0161. The molecule has 0 aliphatic heterocycles. The van der Waals surface area contributed by atoms with Crippen molar-refractivity contribution < 1.29 is 9.84 Å². The van der Waals surface area contributed by atoms with E-state index >= 15 is 0 Å². The molecule has 0 atom stereocenters. The molecule has 2 rings (SSSR count). The molecule has 4 nitrogen and oxygen atoms in total. The fourth-order valence-electron chi connectivity index (χ4n) is 2.19. The van der Waals surface area contributed by atoms with Gasteiger partial charge in [-0.15, -0.1) is 0 Å². The molecule has 2 aromatic rings. The fraction of sp³-hybridized carbons (Fsp3) is 0.429. The van der Waals surface area contributed by atoms with E-state index in [0.29, 0.717) is 0 Å². The van der Waals surface area contributed by atoms with E-state index in [-0.39, 0.29) is 12.7 Å². The maximum atomic E-state index is 8.20. The van der Waals surface area contributed by atoms with Crippen molar-refractivity contribution in [2.45, 2.75) is 6.10 Å². The van der Waals surface area contributed by atoms with Gasteiger partial charge in [-0.1, -0.05) is 60.7 Å². The third kappa shape index (κ3) is 9.37. The van der Waals surface area contributed by atoms with Crippen molar-refractivity contribution in [3.05, 3.63) is 71.8 Å². The Kier molecular flexibility index (Phi) is 10.8. The highest BCUT2D eigenvalue weighted by Crippen LogP contribution is 2.25. The van der Waals surface area contributed by atoms with E-state index in [0.717, 1.165) is 19.7 Å². The van der Waals surface area contributed by atoms with Gasteiger partial charge in [-0.05, 0) is 39.3 Å². The normalized spacial score (nSPS) is 10.9. The Hall–Kier alpha value is -1.72. The van der Waals surface area contributed by atoms with Crippen LogP contribution in [-0.4, -0.2) is 69.4 Å². The number of benzene rings is 2. The number of nitrogens with zero attached hydrogens (tertiary/aromatic N) is 2. The summed E-state index contributed by atoms with van der Waals surface area (Å²) < 4.78 is 6.08. The number of rotatable bonds is 8. The first-order valence-corrected chi connectivity index (χ1v) is 8.66. The Morgan fingerprint density at radius 2 is 1.20 bits per heavy atom. The first-order valence-electron chi connectivity index (χ1n) is 8.66. The predicted molar refractivity (Wildman–Crippen MR) is 105 cm³/mol. The third-order valence-electron chi connectivity index (χ3n) is 3.57. The third-order valence-corrected chi connectivity index (χ3v) is 3.57. The molecule has 0 saturated carbocycles. The quantitative estimate of drug-likeness (QED) is 0.799. The van der Waals surface area contributed by atoms with Gasteiger partial charge in [-0.25, -0.2) is 0 Å². The van der Waals surface area contributed by atoms with Gasteiger partial charge in [0.25, 0.3) is 0 Å². The van der Waals surface area contributed by atoms with E-state index in [9.17, 15) is 0 Å². The average Bonchev–Trinajstić information content (AvgIpc) is 2.60. The van der Waals surface area contributed by atoms with Crippen LogP contribution in [0.15, 0.2) is 60.7 Å². The summed E-state index contributed by atoms with van der Waals surface area (Å²) >= 11 is 0. The van der Waals surface area contributed by atoms with Crippen molar-refractivity contribution >= 4 is 0 Å². The molecule has 0 saturated heterocycles. The van der Waals surface area contributed by atoms with Gasteiger partial charge in [-0.2, -0.15) is 0 Å². The van der Waals surface area contributed by atoms with Gasteiger partial charge in [0.05, 0.1) is 13.2 Å². The fourth-order valence-corrected chi connectivity index (χ4v) is 2.19. The lowest BCUT2D eigenvalue weighted by atomic mass is 10.0. The lowest BCUT2D eigenvalue weighted by Gasteiger charge is -2.20. The molecule has 25 heavy (non-hydrogen) atoms. The Morgan fingerprint density at radius 1 is 0.760 bits per heavy atom. The zero-order valence-corrected chi connectivity index (χ0v) is 15.9. The zero-order valence-electron chi connectivity index (χ0n) is 15.9. The summed E-state index contributed by atoms with van der Waals surface area (Å²) in [5.74, 6) is 0. The minimum Gasteiger partial charge on any atom is -0.395 e. The van der Waals surface area contributed by atoms with E-state index in [4.69, 9.17) is 9.84 Å². The lowest BCUT2D eigenvalue weighted by molar-refractivity contribution is 0.0687. The van der Waals surface area contributed by atoms with Crippen molar-refractivity contribution in [1.29, 1.82) is 0 Å². The van der Waals surface area contributed by atoms with E-state index in [2.05, 4.69) is 67.5 Å². The number of hydrogen-bond acceptors (Lipinski definition) is 4. The summed E-state index contributed by atoms with van der Waals surface area (Å²) in [7, 11) is 7.97. The maximum Gasteiger partial charge on any atom is 0.108 e. The largest absolute Gasteiger partial charge is 0.395 e. The molecule has 0 spiro atoms. The molecular formula is C21H32N2O2. The monoisotopic (exact) mass is 344 g/mol. The van der Waals surface area contributed by atoms with Crippen LogP contribution >= 0.6 is 0 Å². The Bertz CT molecular complexity index is 505. The van der Waals surface area contributed by atoms with Gasteiger partial charge < -0.3 is 19.6 Å². The molecule has 0 fully saturated rings. The molecule has 2 aromatic carbocycles. The summed E-state index contributed by atoms with van der Waals surface area (Å²) in [4.78, 5) is 4.06. The van der Waals surface area contributed by atoms with E-state index in [1.165, 1.54) is 11.1 Å². The van der Waals surface area contributed by atoms with Crippen LogP contribution < -0.4 is 0 Å². The average molecular weight is 344 g/mol. The summed E-state index contributed by atoms with van der Waals surface area (Å²) in [6.45, 7) is 2.67. The van der Waals surface area contributed by atoms with Gasteiger partial charge in [0, 0.05) is 13.1 Å². The highest BCUT2D eigenvalue weighted by Gasteiger charge is 2.13. The summed E-state index contributed by atoms with van der Waals surface area (Å²) in [5, 5.41) is 8.20. The van der Waals surface area contributed by atoms with Crippen LogP contribution in [0.25, 0.3) is 0 Å². The second kappa shape index (κ2) is 12.6. The van der Waals surface area contributed by atoms with Crippen molar-refractivity contribution in [2.24, 2.45) is 0 Å². The van der Waals surface area contributed by atoms with Crippen LogP contribution in [0.1, 0.15) is 17.2 Å². The van der Waals surface area contributed by atoms with Gasteiger partial charge in [-0.3, -0.25) is 0 Å². The van der Waals surface area contributed by atoms with Crippen LogP contribution in [0.4, 0.5) is 0 Å². The number of aliphatic hydroxyl groups is 1. The molecule has 0 aromatic heterocycles. The molecule has 4 heteroatoms. The van der Waals surface area contributed by atoms with Gasteiger partial charge in [0.15, 0.2) is 0 Å². The smallest absolute Gasteiger partial charge is 0.108 e. The van der Waals surface area contributed by atoms with Crippen molar-refractivity contribution in [2.75, 3.05) is 54.5 Å². The van der Waals surface area contributed by atoms with Crippen molar-refractivity contribution in [3.63, 3.8) is 0 Å². The van der Waals surface area contributed by atoms with E-state index in [1.54, 1.807) is 0 Å². The standard InChI is InChI=1S/C17H21NO.C4H11NO/c1-18(2)13-14-19-17(15-9-5-3-6-10-15)16-11-7-4-8-12-16;1-5(2)3-4-6/h3-12,17H,13-14H2,1-2H3;6H,3-4H2,1-2H3. The Morgan fingerprint density at radius 3 is 1.52 bits per heavy atom. The predicted octanol–water partition coefficient (Wildman–Crippen LogP) is 2.89. The summed E-state index contributed by atoms with van der Waals surface area (Å²) in [6, 6.07) is 20.8. The van der Waals surface area contributed by atoms with Crippen LogP contribution in [0, 0.1) is 0 Å². The molecule has 1 N–H and O–H groups in total. The van der Waals surface area contributed by atoms with Crippen LogP contribution in [0.5, 0.6) is 0 Å². The topological polar surface area (TPSA) is 35.9 Å². The molecule has 0 heterocycles. The highest BCUT2D eigenvalue weighted by atomic mass is 16.5. The number of hydrogen-bond donors (Lipinski definition) is 1. The number of aliphatic hydroxyl groups excluding tert-OH is 1. The van der Waals surface area contributed by atoms with Crippen LogP contribution in [-0.2, 0) is 4.74 Å². The van der Waals surface area contributed by atoms with Gasteiger partial charge in [0.1, 0.15) is 6.10 Å². The Balaban J connectivity index is 0.000000450. The lowest BCUT2D eigenvalue weighted by Crippen LogP contribution is -2.20. The summed E-state index contributed by atoms with van der Waals surface area (Å²) in [5.41, 5.74) is 2.40. The second-order valence-corrected chi connectivity index (χ2v) is 6.40. The molecular weight excluding hydrogens is 312 g/mol. The van der Waals surface area contributed by atoms with Gasteiger partial charge in [0.2, 0.25) is 0 Å². The van der Waals surface area contributed by atoms with Crippen molar-refractivity contribution in [3.8, 4) is 0 Å².